The van der Waals surface area contributed by atoms with E-state index in [0.29, 0.717) is 31.1 Å². The van der Waals surface area contributed by atoms with Gasteiger partial charge in [0.25, 0.3) is 5.91 Å². The zero-order valence-corrected chi connectivity index (χ0v) is 22.2. The molecule has 0 bridgehead atoms. The van der Waals surface area contributed by atoms with Gasteiger partial charge < -0.3 is 10.2 Å². The van der Waals surface area contributed by atoms with Crippen LogP contribution in [0.4, 0.5) is 0 Å². The first-order valence-corrected chi connectivity index (χ1v) is 14.2. The standard InChI is InChI=1S/C30H35N5O4/c36-27-11-10-26(29(38)33-27)35-18-21-16-20(8-9-23(21)30(35)39)24-15-19(12-13-31-24)17-34-14-4-7-25(34)28(37)32-22-5-2-1-3-6-22/h8-9,12-13,15-16,22,25-26H,1-7,10-11,14,17-18H2,(H,32,37)(H,33,36,38)/t25-,26?/m0/s1. The number of nitrogens with zero attached hydrogens (tertiary/aromatic N) is 3. The number of hydrogen-bond acceptors (Lipinski definition) is 6. The summed E-state index contributed by atoms with van der Waals surface area (Å²) in [6, 6.07) is 9.33. The van der Waals surface area contributed by atoms with Crippen LogP contribution in [0.15, 0.2) is 36.5 Å². The lowest BCUT2D eigenvalue weighted by Crippen LogP contribution is -2.52. The number of pyridine rings is 1. The first-order valence-electron chi connectivity index (χ1n) is 14.2. The average molecular weight is 530 g/mol. The summed E-state index contributed by atoms with van der Waals surface area (Å²) in [4.78, 5) is 58.4. The highest BCUT2D eigenvalue weighted by molar-refractivity contribution is 6.05. The van der Waals surface area contributed by atoms with Crippen molar-refractivity contribution in [2.24, 2.45) is 0 Å². The van der Waals surface area contributed by atoms with Crippen LogP contribution in [0.1, 0.15) is 79.3 Å². The van der Waals surface area contributed by atoms with Crippen molar-refractivity contribution < 1.29 is 19.2 Å². The molecule has 1 aliphatic carbocycles. The third kappa shape index (κ3) is 5.32. The highest BCUT2D eigenvalue weighted by Crippen LogP contribution is 2.31. The van der Waals surface area contributed by atoms with Crippen molar-refractivity contribution in [1.29, 1.82) is 0 Å². The Balaban J connectivity index is 1.14. The third-order valence-electron chi connectivity index (χ3n) is 8.65. The molecule has 1 aromatic carbocycles. The summed E-state index contributed by atoms with van der Waals surface area (Å²) in [5, 5.41) is 5.65. The molecule has 4 amide bonds. The summed E-state index contributed by atoms with van der Waals surface area (Å²) in [6.07, 6.45) is 10.1. The normalized spacial score (nSPS) is 24.1. The Hall–Kier alpha value is -3.59. The van der Waals surface area contributed by atoms with Crippen molar-refractivity contribution >= 4 is 23.6 Å². The second-order valence-corrected chi connectivity index (χ2v) is 11.3. The van der Waals surface area contributed by atoms with E-state index >= 15 is 0 Å². The summed E-state index contributed by atoms with van der Waals surface area (Å²) >= 11 is 0. The van der Waals surface area contributed by atoms with Crippen LogP contribution in [0.5, 0.6) is 0 Å². The number of carbonyl (C=O) groups excluding carboxylic acids is 4. The van der Waals surface area contributed by atoms with Crippen molar-refractivity contribution in [2.45, 2.75) is 89.0 Å². The maximum Gasteiger partial charge on any atom is 0.255 e. The van der Waals surface area contributed by atoms with E-state index in [-0.39, 0.29) is 30.2 Å². The maximum atomic E-state index is 13.1. The Kier molecular flexibility index (Phi) is 7.16. The lowest BCUT2D eigenvalue weighted by Gasteiger charge is -2.29. The van der Waals surface area contributed by atoms with Gasteiger partial charge in [0.2, 0.25) is 17.7 Å². The molecule has 1 unspecified atom stereocenters. The minimum absolute atomic E-state index is 0.0900. The van der Waals surface area contributed by atoms with Crippen molar-refractivity contribution in [3.8, 4) is 11.3 Å². The highest BCUT2D eigenvalue weighted by Gasteiger charge is 2.39. The second kappa shape index (κ2) is 10.9. The highest BCUT2D eigenvalue weighted by atomic mass is 16.2. The Bertz CT molecular complexity index is 1300. The van der Waals surface area contributed by atoms with Gasteiger partial charge >= 0.3 is 0 Å². The summed E-state index contributed by atoms with van der Waals surface area (Å²) in [6.45, 7) is 1.92. The molecule has 1 saturated carbocycles. The van der Waals surface area contributed by atoms with E-state index < -0.39 is 11.9 Å². The molecule has 0 radical (unpaired) electrons. The molecule has 4 aliphatic rings. The number of rotatable bonds is 6. The van der Waals surface area contributed by atoms with Gasteiger partial charge in [-0.3, -0.25) is 34.4 Å². The number of fused-ring (bicyclic) bond motifs is 1. The lowest BCUT2D eigenvalue weighted by molar-refractivity contribution is -0.137. The zero-order valence-electron chi connectivity index (χ0n) is 22.2. The molecule has 0 spiro atoms. The SMILES string of the molecule is O=C1CCC(N2Cc3cc(-c4cc(CN5CCC[C@H]5C(=O)NC5CCCCC5)ccn4)ccc3C2=O)C(=O)N1. The van der Waals surface area contributed by atoms with Gasteiger partial charge in [-0.15, -0.1) is 0 Å². The molecular weight excluding hydrogens is 494 g/mol. The Morgan fingerprint density at radius 3 is 2.67 bits per heavy atom. The van der Waals surface area contributed by atoms with Crippen LogP contribution < -0.4 is 10.6 Å². The van der Waals surface area contributed by atoms with Gasteiger partial charge in [-0.05, 0) is 74.0 Å². The molecule has 39 heavy (non-hydrogen) atoms. The monoisotopic (exact) mass is 529 g/mol. The van der Waals surface area contributed by atoms with Gasteiger partial charge in [0.15, 0.2) is 0 Å². The Labute approximate surface area is 228 Å². The Morgan fingerprint density at radius 1 is 1.00 bits per heavy atom. The number of aromatic nitrogens is 1. The van der Waals surface area contributed by atoms with Gasteiger partial charge in [0.05, 0.1) is 11.7 Å². The molecule has 3 aliphatic heterocycles. The third-order valence-corrected chi connectivity index (χ3v) is 8.65. The van der Waals surface area contributed by atoms with Crippen LogP contribution in [0, 0.1) is 0 Å². The smallest absolute Gasteiger partial charge is 0.255 e. The number of hydrogen-bond donors (Lipinski definition) is 2. The molecular formula is C30H35N5O4. The van der Waals surface area contributed by atoms with E-state index in [2.05, 4.69) is 26.6 Å². The number of piperidine rings is 1. The molecule has 3 fully saturated rings. The fourth-order valence-electron chi connectivity index (χ4n) is 6.56. The quantitative estimate of drug-likeness (QED) is 0.557. The molecule has 9 nitrogen and oxygen atoms in total. The average Bonchev–Trinajstić information content (AvgIpc) is 3.53. The predicted octanol–water partition coefficient (Wildman–Crippen LogP) is 2.92. The summed E-state index contributed by atoms with van der Waals surface area (Å²) in [5.74, 6) is -0.717. The van der Waals surface area contributed by atoms with Crippen LogP contribution in [0.25, 0.3) is 11.3 Å². The molecule has 6 rings (SSSR count). The van der Waals surface area contributed by atoms with Crippen LogP contribution in [-0.4, -0.2) is 63.1 Å². The fraction of sp³-hybridized carbons (Fsp3) is 0.500. The van der Waals surface area contributed by atoms with Crippen molar-refractivity contribution in [2.75, 3.05) is 6.54 Å². The first-order chi connectivity index (χ1) is 19.0. The zero-order chi connectivity index (χ0) is 26.9. The first kappa shape index (κ1) is 25.7. The second-order valence-electron chi connectivity index (χ2n) is 11.3. The molecule has 2 aromatic rings. The number of likely N-dealkylation sites (tertiary alicyclic amines) is 1. The van der Waals surface area contributed by atoms with Crippen molar-refractivity contribution in [1.82, 2.24) is 25.4 Å². The summed E-state index contributed by atoms with van der Waals surface area (Å²) in [7, 11) is 0. The van der Waals surface area contributed by atoms with E-state index in [0.717, 1.165) is 54.6 Å². The molecule has 2 N–H and O–H groups in total. The van der Waals surface area contributed by atoms with E-state index in [1.165, 1.54) is 19.3 Å². The summed E-state index contributed by atoms with van der Waals surface area (Å²) in [5.41, 5.74) is 4.25. The van der Waals surface area contributed by atoms with Gasteiger partial charge in [0, 0.05) is 42.9 Å². The summed E-state index contributed by atoms with van der Waals surface area (Å²) < 4.78 is 0. The van der Waals surface area contributed by atoms with Crippen molar-refractivity contribution in [3.05, 3.63) is 53.2 Å². The molecule has 1 aromatic heterocycles. The predicted molar refractivity (Wildman–Crippen MR) is 144 cm³/mol. The van der Waals surface area contributed by atoms with E-state index in [1.807, 2.05) is 18.2 Å². The number of carbonyl (C=O) groups is 4. The van der Waals surface area contributed by atoms with E-state index in [1.54, 1.807) is 17.2 Å². The Morgan fingerprint density at radius 2 is 1.85 bits per heavy atom. The number of benzene rings is 1. The topological polar surface area (TPSA) is 112 Å². The van der Waals surface area contributed by atoms with Gasteiger partial charge in [-0.25, -0.2) is 0 Å². The number of imide groups is 1. The lowest BCUT2D eigenvalue weighted by atomic mass is 9.95. The van der Waals surface area contributed by atoms with Crippen LogP contribution in [0.3, 0.4) is 0 Å². The van der Waals surface area contributed by atoms with Gasteiger partial charge in [-0.2, -0.15) is 0 Å². The van der Waals surface area contributed by atoms with Gasteiger partial charge in [0.1, 0.15) is 6.04 Å². The minimum Gasteiger partial charge on any atom is -0.352 e. The molecule has 4 heterocycles. The fourth-order valence-corrected chi connectivity index (χ4v) is 6.56. The van der Waals surface area contributed by atoms with E-state index in [4.69, 9.17) is 0 Å². The largest absolute Gasteiger partial charge is 0.352 e. The molecule has 2 atom stereocenters. The maximum absolute atomic E-state index is 13.1. The molecule has 9 heteroatoms. The number of amides is 4. The van der Waals surface area contributed by atoms with Crippen molar-refractivity contribution in [3.63, 3.8) is 0 Å². The van der Waals surface area contributed by atoms with Crippen LogP contribution in [-0.2, 0) is 27.5 Å². The number of nitrogens with one attached hydrogen (secondary N) is 2. The van der Waals surface area contributed by atoms with Crippen LogP contribution >= 0.6 is 0 Å². The molecule has 204 valence electrons. The molecule has 2 saturated heterocycles. The van der Waals surface area contributed by atoms with Gasteiger partial charge in [-0.1, -0.05) is 25.3 Å². The van der Waals surface area contributed by atoms with Crippen LogP contribution in [0.2, 0.25) is 0 Å². The minimum atomic E-state index is -0.628. The van der Waals surface area contributed by atoms with E-state index in [9.17, 15) is 19.2 Å².